The van der Waals surface area contributed by atoms with E-state index in [0.717, 1.165) is 18.4 Å². The van der Waals surface area contributed by atoms with E-state index in [2.05, 4.69) is 43.1 Å². The van der Waals surface area contributed by atoms with Crippen LogP contribution in [0.4, 0.5) is 15.8 Å². The maximum atomic E-state index is 13.7. The van der Waals surface area contributed by atoms with Crippen LogP contribution >= 0.6 is 11.6 Å². The summed E-state index contributed by atoms with van der Waals surface area (Å²) in [5.41, 5.74) is 4.41. The van der Waals surface area contributed by atoms with Gasteiger partial charge in [-0.05, 0) is 48.6 Å². The minimum atomic E-state index is -0.580. The van der Waals surface area contributed by atoms with Gasteiger partial charge in [0.2, 0.25) is 5.95 Å². The van der Waals surface area contributed by atoms with Crippen LogP contribution in [-0.2, 0) is 0 Å². The highest BCUT2D eigenvalue weighted by atomic mass is 35.5. The quantitative estimate of drug-likeness (QED) is 0.172. The number of benzene rings is 2. The van der Waals surface area contributed by atoms with E-state index < -0.39 is 12.0 Å². The SMILES string of the molecule is N#CCCC(Nc1c(C#N)cnc2c(Cl)cc(NC(c3ccc(F)nc3)c3cn(C4CC4)nn3)cc12)c1ccccc1. The predicted molar refractivity (Wildman–Crippen MR) is 157 cm³/mol. The molecule has 0 amide bonds. The van der Waals surface area contributed by atoms with Crippen LogP contribution < -0.4 is 10.6 Å². The van der Waals surface area contributed by atoms with Crippen molar-refractivity contribution in [3.05, 3.63) is 107 Å². The Morgan fingerprint density at radius 2 is 1.86 bits per heavy atom. The molecule has 0 aliphatic heterocycles. The molecule has 1 aliphatic rings. The third-order valence-corrected chi connectivity index (χ3v) is 7.54. The molecular formula is C31H25ClFN9. The third-order valence-electron chi connectivity index (χ3n) is 7.25. The number of aromatic nitrogens is 5. The summed E-state index contributed by atoms with van der Waals surface area (Å²) in [5.74, 6) is -0.580. The number of hydrogen-bond donors (Lipinski definition) is 2. The largest absolute Gasteiger partial charge is 0.377 e. The molecule has 1 aliphatic carbocycles. The van der Waals surface area contributed by atoms with Gasteiger partial charge in [-0.2, -0.15) is 14.9 Å². The van der Waals surface area contributed by atoms with Crippen molar-refractivity contribution in [3.63, 3.8) is 0 Å². The van der Waals surface area contributed by atoms with E-state index in [1.165, 1.54) is 18.5 Å². The summed E-state index contributed by atoms with van der Waals surface area (Å²) in [6.07, 6.45) is 7.84. The Labute approximate surface area is 246 Å². The lowest BCUT2D eigenvalue weighted by Crippen LogP contribution is -2.14. The number of halogens is 2. The zero-order valence-electron chi connectivity index (χ0n) is 22.4. The molecule has 2 aromatic carbocycles. The van der Waals surface area contributed by atoms with Crippen molar-refractivity contribution < 1.29 is 4.39 Å². The first-order valence-electron chi connectivity index (χ1n) is 13.5. The van der Waals surface area contributed by atoms with Gasteiger partial charge in [0, 0.05) is 29.9 Å². The molecule has 3 aromatic heterocycles. The third kappa shape index (κ3) is 5.71. The average Bonchev–Trinajstić information content (AvgIpc) is 3.75. The smallest absolute Gasteiger partial charge is 0.212 e. The molecule has 1 fully saturated rings. The van der Waals surface area contributed by atoms with Crippen LogP contribution in [-0.4, -0.2) is 25.0 Å². The second-order valence-corrected chi connectivity index (χ2v) is 10.6. The molecule has 11 heteroatoms. The topological polar surface area (TPSA) is 128 Å². The van der Waals surface area contributed by atoms with Crippen molar-refractivity contribution in [2.24, 2.45) is 0 Å². The van der Waals surface area contributed by atoms with Crippen molar-refractivity contribution in [2.75, 3.05) is 10.6 Å². The van der Waals surface area contributed by atoms with E-state index in [-0.39, 0.29) is 6.04 Å². The Hall–Kier alpha value is -5.06. The Morgan fingerprint density at radius 3 is 2.57 bits per heavy atom. The number of anilines is 2. The van der Waals surface area contributed by atoms with Gasteiger partial charge in [-0.3, -0.25) is 4.98 Å². The van der Waals surface area contributed by atoms with Crippen LogP contribution in [0, 0.1) is 28.6 Å². The van der Waals surface area contributed by atoms with Gasteiger partial charge in [0.1, 0.15) is 11.8 Å². The first kappa shape index (κ1) is 27.1. The number of fused-ring (bicyclic) bond motifs is 1. The zero-order chi connectivity index (χ0) is 29.1. The van der Waals surface area contributed by atoms with Gasteiger partial charge in [0.15, 0.2) is 0 Å². The monoisotopic (exact) mass is 577 g/mol. The van der Waals surface area contributed by atoms with E-state index >= 15 is 0 Å². The summed E-state index contributed by atoms with van der Waals surface area (Å²) in [4.78, 5) is 8.32. The Morgan fingerprint density at radius 1 is 1.02 bits per heavy atom. The van der Waals surface area contributed by atoms with Crippen molar-refractivity contribution in [1.29, 1.82) is 10.5 Å². The van der Waals surface area contributed by atoms with Crippen LogP contribution in [0.5, 0.6) is 0 Å². The Balaban J connectivity index is 1.42. The Kier molecular flexibility index (Phi) is 7.63. The fourth-order valence-electron chi connectivity index (χ4n) is 4.97. The highest BCUT2D eigenvalue weighted by Crippen LogP contribution is 2.38. The van der Waals surface area contributed by atoms with Gasteiger partial charge < -0.3 is 10.6 Å². The molecule has 208 valence electrons. The molecule has 1 saturated carbocycles. The molecule has 2 N–H and O–H groups in total. The molecule has 42 heavy (non-hydrogen) atoms. The summed E-state index contributed by atoms with van der Waals surface area (Å²) in [5, 5.41) is 36.0. The lowest BCUT2D eigenvalue weighted by molar-refractivity contribution is 0.581. The molecule has 3 heterocycles. The maximum absolute atomic E-state index is 13.7. The standard InChI is InChI=1S/C31H25ClFN9/c32-25-14-22(38-30(20-8-11-28(33)36-16-20)27-18-42(41-40-27)23-9-10-23)13-24-29(21(15-35)17-37-31(24)25)39-26(7-4-12-34)19-5-2-1-3-6-19/h1-3,5-6,8,11,13-14,16-18,23,26,30,38H,4,7,9-10H2,(H,37,39). The maximum Gasteiger partial charge on any atom is 0.212 e. The second kappa shape index (κ2) is 11.8. The van der Waals surface area contributed by atoms with Gasteiger partial charge in [0.05, 0.1) is 52.2 Å². The number of rotatable bonds is 10. The summed E-state index contributed by atoms with van der Waals surface area (Å²) < 4.78 is 15.6. The summed E-state index contributed by atoms with van der Waals surface area (Å²) >= 11 is 6.77. The molecule has 5 aromatic rings. The molecule has 0 radical (unpaired) electrons. The summed E-state index contributed by atoms with van der Waals surface area (Å²) in [6, 6.07) is 20.4. The normalized spacial score (nSPS) is 14.1. The molecule has 2 atom stereocenters. The van der Waals surface area contributed by atoms with Crippen molar-refractivity contribution >= 4 is 33.9 Å². The van der Waals surface area contributed by atoms with Crippen LogP contribution in [0.15, 0.2) is 73.2 Å². The molecule has 6 rings (SSSR count). The number of pyridine rings is 2. The van der Waals surface area contributed by atoms with E-state index in [0.29, 0.717) is 63.0 Å². The minimum absolute atomic E-state index is 0.227. The van der Waals surface area contributed by atoms with E-state index in [1.54, 1.807) is 12.1 Å². The second-order valence-electron chi connectivity index (χ2n) is 10.2. The fraction of sp³-hybridized carbons (Fsp3) is 0.226. The van der Waals surface area contributed by atoms with Crippen molar-refractivity contribution in [3.8, 4) is 12.1 Å². The number of nitriles is 2. The lowest BCUT2D eigenvalue weighted by Gasteiger charge is -2.23. The molecule has 2 unspecified atom stereocenters. The van der Waals surface area contributed by atoms with E-state index in [4.69, 9.17) is 11.6 Å². The predicted octanol–water partition coefficient (Wildman–Crippen LogP) is 6.88. The first-order valence-corrected chi connectivity index (χ1v) is 13.9. The van der Waals surface area contributed by atoms with Gasteiger partial charge in [-0.25, -0.2) is 9.67 Å². The van der Waals surface area contributed by atoms with Crippen LogP contribution in [0.3, 0.4) is 0 Å². The van der Waals surface area contributed by atoms with Gasteiger partial charge in [0.25, 0.3) is 0 Å². The molecule has 0 bridgehead atoms. The zero-order valence-corrected chi connectivity index (χ0v) is 23.1. The van der Waals surface area contributed by atoms with Crippen LogP contribution in [0.25, 0.3) is 10.9 Å². The molecule has 0 spiro atoms. The van der Waals surface area contributed by atoms with Crippen LogP contribution in [0.2, 0.25) is 5.02 Å². The summed E-state index contributed by atoms with van der Waals surface area (Å²) in [7, 11) is 0. The number of nitrogens with one attached hydrogen (secondary N) is 2. The number of hydrogen-bond acceptors (Lipinski definition) is 8. The lowest BCUT2D eigenvalue weighted by atomic mass is 10.00. The van der Waals surface area contributed by atoms with E-state index in [1.807, 2.05) is 47.3 Å². The fourth-order valence-corrected chi connectivity index (χ4v) is 5.23. The summed E-state index contributed by atoms with van der Waals surface area (Å²) in [6.45, 7) is 0. The number of nitrogens with zero attached hydrogens (tertiary/aromatic N) is 7. The molecule has 0 saturated heterocycles. The van der Waals surface area contributed by atoms with Gasteiger partial charge >= 0.3 is 0 Å². The van der Waals surface area contributed by atoms with Crippen molar-refractivity contribution in [2.45, 2.75) is 43.8 Å². The van der Waals surface area contributed by atoms with Gasteiger partial charge in [-0.15, -0.1) is 5.10 Å². The highest BCUT2D eigenvalue weighted by molar-refractivity contribution is 6.35. The molecular weight excluding hydrogens is 553 g/mol. The Bertz CT molecular complexity index is 1810. The van der Waals surface area contributed by atoms with Crippen LogP contribution in [0.1, 0.15) is 66.2 Å². The van der Waals surface area contributed by atoms with Gasteiger partial charge in [-0.1, -0.05) is 53.2 Å². The van der Waals surface area contributed by atoms with E-state index in [9.17, 15) is 14.9 Å². The average molecular weight is 578 g/mol. The van der Waals surface area contributed by atoms with Crippen molar-refractivity contribution in [1.82, 2.24) is 25.0 Å². The minimum Gasteiger partial charge on any atom is -0.377 e. The molecule has 9 nitrogen and oxygen atoms in total. The first-order chi connectivity index (χ1) is 20.5. The highest BCUT2D eigenvalue weighted by Gasteiger charge is 2.27.